The van der Waals surface area contributed by atoms with E-state index >= 15 is 0 Å². The molecule has 2 aromatic rings. The zero-order valence-corrected chi connectivity index (χ0v) is 10.4. The van der Waals surface area contributed by atoms with Gasteiger partial charge in [-0.05, 0) is 12.1 Å². The molecule has 84 valence electrons. The van der Waals surface area contributed by atoms with Crippen molar-refractivity contribution in [3.8, 4) is 0 Å². The predicted molar refractivity (Wildman–Crippen MR) is 64.7 cm³/mol. The Morgan fingerprint density at radius 2 is 2.00 bits per heavy atom. The highest BCUT2D eigenvalue weighted by Gasteiger charge is 2.06. The second-order valence-corrected chi connectivity index (χ2v) is 4.59. The fourth-order valence-corrected chi connectivity index (χ4v) is 2.27. The molecule has 0 aliphatic heterocycles. The standard InChI is InChI=1S/C11H11ClN2OS/c1-2-10-13-14-11(15-10)7-16-9-6-4-3-5-8(9)12/h3-6H,2,7H2,1H3. The van der Waals surface area contributed by atoms with Crippen molar-refractivity contribution in [2.24, 2.45) is 0 Å². The molecule has 0 bridgehead atoms. The van der Waals surface area contributed by atoms with Crippen molar-refractivity contribution in [1.82, 2.24) is 10.2 Å². The Kier molecular flexibility index (Phi) is 3.85. The molecule has 5 heteroatoms. The van der Waals surface area contributed by atoms with E-state index in [1.54, 1.807) is 11.8 Å². The van der Waals surface area contributed by atoms with Crippen LogP contribution in [0.1, 0.15) is 18.7 Å². The first kappa shape index (κ1) is 11.5. The van der Waals surface area contributed by atoms with Gasteiger partial charge in [-0.25, -0.2) is 0 Å². The summed E-state index contributed by atoms with van der Waals surface area (Å²) in [6.07, 6.45) is 0.768. The van der Waals surface area contributed by atoms with Crippen LogP contribution in [0.25, 0.3) is 0 Å². The lowest BCUT2D eigenvalue weighted by molar-refractivity contribution is 0.470. The normalized spacial score (nSPS) is 10.6. The van der Waals surface area contributed by atoms with Gasteiger partial charge in [0.1, 0.15) is 0 Å². The van der Waals surface area contributed by atoms with Crippen LogP contribution >= 0.6 is 23.4 Å². The molecule has 0 aliphatic carbocycles. The van der Waals surface area contributed by atoms with E-state index in [1.165, 1.54) is 0 Å². The molecule has 1 aromatic carbocycles. The van der Waals surface area contributed by atoms with Crippen LogP contribution < -0.4 is 0 Å². The minimum absolute atomic E-state index is 0.641. The maximum Gasteiger partial charge on any atom is 0.226 e. The lowest BCUT2D eigenvalue weighted by Crippen LogP contribution is -1.81. The van der Waals surface area contributed by atoms with Gasteiger partial charge in [0, 0.05) is 11.3 Å². The molecule has 16 heavy (non-hydrogen) atoms. The van der Waals surface area contributed by atoms with Crippen LogP contribution in [-0.2, 0) is 12.2 Å². The Balaban J connectivity index is 1.99. The second kappa shape index (κ2) is 5.37. The van der Waals surface area contributed by atoms with Crippen LogP contribution in [0.3, 0.4) is 0 Å². The molecule has 0 aliphatic rings. The number of nitrogens with zero attached hydrogens (tertiary/aromatic N) is 2. The molecule has 0 atom stereocenters. The monoisotopic (exact) mass is 254 g/mol. The molecule has 0 unspecified atom stereocenters. The van der Waals surface area contributed by atoms with Crippen molar-refractivity contribution < 1.29 is 4.42 Å². The molecule has 0 spiro atoms. The summed E-state index contributed by atoms with van der Waals surface area (Å²) >= 11 is 7.63. The molecule has 0 N–H and O–H groups in total. The summed E-state index contributed by atoms with van der Waals surface area (Å²) in [7, 11) is 0. The highest BCUT2D eigenvalue weighted by Crippen LogP contribution is 2.28. The Bertz CT molecular complexity index is 473. The van der Waals surface area contributed by atoms with E-state index in [9.17, 15) is 0 Å². The van der Waals surface area contributed by atoms with E-state index in [1.807, 2.05) is 31.2 Å². The number of hydrogen-bond acceptors (Lipinski definition) is 4. The van der Waals surface area contributed by atoms with Gasteiger partial charge in [-0.2, -0.15) is 0 Å². The number of rotatable bonds is 4. The summed E-state index contributed by atoms with van der Waals surface area (Å²) in [6.45, 7) is 1.98. The molecule has 3 nitrogen and oxygen atoms in total. The van der Waals surface area contributed by atoms with Gasteiger partial charge in [-0.1, -0.05) is 30.7 Å². The van der Waals surface area contributed by atoms with Gasteiger partial charge in [0.2, 0.25) is 11.8 Å². The smallest absolute Gasteiger partial charge is 0.226 e. The number of hydrogen-bond donors (Lipinski definition) is 0. The van der Waals surface area contributed by atoms with E-state index in [0.29, 0.717) is 17.5 Å². The van der Waals surface area contributed by atoms with Crippen molar-refractivity contribution >= 4 is 23.4 Å². The second-order valence-electron chi connectivity index (χ2n) is 3.16. The van der Waals surface area contributed by atoms with Gasteiger partial charge in [0.05, 0.1) is 10.8 Å². The molecule has 0 saturated heterocycles. The van der Waals surface area contributed by atoms with Gasteiger partial charge >= 0.3 is 0 Å². The van der Waals surface area contributed by atoms with E-state index in [4.69, 9.17) is 16.0 Å². The van der Waals surface area contributed by atoms with Crippen molar-refractivity contribution in [2.75, 3.05) is 0 Å². The first-order valence-corrected chi connectivity index (χ1v) is 6.34. The van der Waals surface area contributed by atoms with Crippen molar-refractivity contribution in [1.29, 1.82) is 0 Å². The van der Waals surface area contributed by atoms with Crippen LogP contribution in [0.15, 0.2) is 33.6 Å². The van der Waals surface area contributed by atoms with Crippen LogP contribution in [0.2, 0.25) is 5.02 Å². The van der Waals surface area contributed by atoms with Crippen LogP contribution in [0.5, 0.6) is 0 Å². The van der Waals surface area contributed by atoms with Crippen LogP contribution in [0.4, 0.5) is 0 Å². The molecule has 0 saturated carbocycles. The van der Waals surface area contributed by atoms with Crippen LogP contribution in [0, 0.1) is 0 Å². The van der Waals surface area contributed by atoms with Crippen molar-refractivity contribution in [2.45, 2.75) is 24.0 Å². The number of aromatic nitrogens is 2. The Morgan fingerprint density at radius 1 is 1.25 bits per heavy atom. The molecular formula is C11H11ClN2OS. The van der Waals surface area contributed by atoms with Gasteiger partial charge in [0.25, 0.3) is 0 Å². The highest BCUT2D eigenvalue weighted by molar-refractivity contribution is 7.98. The summed E-state index contributed by atoms with van der Waals surface area (Å²) in [4.78, 5) is 1.03. The Morgan fingerprint density at radius 3 is 2.69 bits per heavy atom. The summed E-state index contributed by atoms with van der Waals surface area (Å²) < 4.78 is 5.41. The quantitative estimate of drug-likeness (QED) is 0.782. The minimum Gasteiger partial charge on any atom is -0.424 e. The largest absolute Gasteiger partial charge is 0.424 e. The van der Waals surface area contributed by atoms with Gasteiger partial charge in [-0.3, -0.25) is 0 Å². The Hall–Kier alpha value is -1.00. The maximum atomic E-state index is 6.04. The SMILES string of the molecule is CCc1nnc(CSc2ccccc2Cl)o1. The van der Waals surface area contributed by atoms with Gasteiger partial charge in [-0.15, -0.1) is 22.0 Å². The van der Waals surface area contributed by atoms with E-state index in [-0.39, 0.29) is 0 Å². The van der Waals surface area contributed by atoms with Crippen LogP contribution in [-0.4, -0.2) is 10.2 Å². The van der Waals surface area contributed by atoms with Crippen molar-refractivity contribution in [3.63, 3.8) is 0 Å². The van der Waals surface area contributed by atoms with Gasteiger partial charge < -0.3 is 4.42 Å². The first-order chi connectivity index (χ1) is 7.79. The fourth-order valence-electron chi connectivity index (χ4n) is 1.19. The Labute approximate surface area is 103 Å². The highest BCUT2D eigenvalue weighted by atomic mass is 35.5. The number of halogens is 1. The maximum absolute atomic E-state index is 6.04. The third kappa shape index (κ3) is 2.77. The summed E-state index contributed by atoms with van der Waals surface area (Å²) in [5.74, 6) is 1.97. The lowest BCUT2D eigenvalue weighted by atomic mass is 10.4. The molecule has 2 rings (SSSR count). The summed E-state index contributed by atoms with van der Waals surface area (Å²) in [5, 5.41) is 8.61. The van der Waals surface area contributed by atoms with Gasteiger partial charge in [0.15, 0.2) is 0 Å². The topological polar surface area (TPSA) is 38.9 Å². The van der Waals surface area contributed by atoms with E-state index in [0.717, 1.165) is 16.3 Å². The molecule has 0 radical (unpaired) electrons. The molecule has 0 amide bonds. The summed E-state index contributed by atoms with van der Waals surface area (Å²) in [5.41, 5.74) is 0. The number of benzene rings is 1. The number of thioether (sulfide) groups is 1. The zero-order valence-electron chi connectivity index (χ0n) is 8.81. The van der Waals surface area contributed by atoms with E-state index < -0.39 is 0 Å². The van der Waals surface area contributed by atoms with Crippen molar-refractivity contribution in [3.05, 3.63) is 41.1 Å². The molecule has 0 fully saturated rings. The minimum atomic E-state index is 0.641. The molecule has 1 heterocycles. The molecule has 1 aromatic heterocycles. The zero-order chi connectivity index (χ0) is 11.4. The first-order valence-electron chi connectivity index (χ1n) is 4.98. The molecular weight excluding hydrogens is 244 g/mol. The average Bonchev–Trinajstić information content (AvgIpc) is 2.76. The third-order valence-corrected chi connectivity index (χ3v) is 3.50. The van der Waals surface area contributed by atoms with E-state index in [2.05, 4.69) is 10.2 Å². The average molecular weight is 255 g/mol. The summed E-state index contributed by atoms with van der Waals surface area (Å²) in [6, 6.07) is 7.72. The predicted octanol–water partition coefficient (Wildman–Crippen LogP) is 3.58. The fraction of sp³-hybridized carbons (Fsp3) is 0.273. The third-order valence-electron chi connectivity index (χ3n) is 2.00. The number of aryl methyl sites for hydroxylation is 1. The lowest BCUT2D eigenvalue weighted by Gasteiger charge is -2.00.